The lowest BCUT2D eigenvalue weighted by Gasteiger charge is -2.07. The van der Waals surface area contributed by atoms with Crippen LogP contribution in [0.15, 0.2) is 24.3 Å². The third kappa shape index (κ3) is 1.13. The van der Waals surface area contributed by atoms with E-state index in [1.54, 1.807) is 6.92 Å². The van der Waals surface area contributed by atoms with Crippen molar-refractivity contribution in [1.82, 2.24) is 4.98 Å². The van der Waals surface area contributed by atoms with E-state index in [4.69, 9.17) is 0 Å². The minimum atomic E-state index is 0.496. The SMILES string of the molecule is Cc1nc(C)[n+]([O-])c2ccccc12. The van der Waals surface area contributed by atoms with Crippen LogP contribution in [-0.4, -0.2) is 4.98 Å². The minimum Gasteiger partial charge on any atom is -0.710 e. The molecular formula is C10H10N2O. The molecule has 0 N–H and O–H groups in total. The molecule has 0 spiro atoms. The first-order chi connectivity index (χ1) is 6.20. The van der Waals surface area contributed by atoms with E-state index in [2.05, 4.69) is 4.98 Å². The molecule has 0 aliphatic carbocycles. The van der Waals surface area contributed by atoms with Crippen molar-refractivity contribution in [2.75, 3.05) is 0 Å². The van der Waals surface area contributed by atoms with Gasteiger partial charge in [-0.25, -0.2) is 4.73 Å². The third-order valence-corrected chi connectivity index (χ3v) is 2.14. The van der Waals surface area contributed by atoms with E-state index < -0.39 is 0 Å². The summed E-state index contributed by atoms with van der Waals surface area (Å²) in [6.45, 7) is 3.63. The fraction of sp³-hybridized carbons (Fsp3) is 0.200. The van der Waals surface area contributed by atoms with E-state index in [9.17, 15) is 5.21 Å². The molecule has 0 aliphatic heterocycles. The summed E-state index contributed by atoms with van der Waals surface area (Å²) in [4.78, 5) is 4.15. The van der Waals surface area contributed by atoms with E-state index in [-0.39, 0.29) is 0 Å². The Hall–Kier alpha value is -1.64. The predicted octanol–water partition coefficient (Wildman–Crippen LogP) is 1.49. The molecule has 13 heavy (non-hydrogen) atoms. The minimum absolute atomic E-state index is 0.496. The zero-order valence-corrected chi connectivity index (χ0v) is 7.61. The van der Waals surface area contributed by atoms with Gasteiger partial charge in [-0.2, -0.15) is 0 Å². The van der Waals surface area contributed by atoms with Crippen LogP contribution in [0, 0.1) is 19.1 Å². The van der Waals surface area contributed by atoms with E-state index in [1.165, 1.54) is 0 Å². The van der Waals surface area contributed by atoms with Crippen molar-refractivity contribution >= 4 is 10.9 Å². The number of fused-ring (bicyclic) bond motifs is 1. The first-order valence-electron chi connectivity index (χ1n) is 4.15. The highest BCUT2D eigenvalue weighted by atomic mass is 16.5. The molecule has 1 aromatic heterocycles. The number of para-hydroxylation sites is 1. The zero-order valence-electron chi connectivity index (χ0n) is 7.61. The molecule has 1 heterocycles. The quantitative estimate of drug-likeness (QED) is 0.448. The Labute approximate surface area is 76.2 Å². The highest BCUT2D eigenvalue weighted by Gasteiger charge is 2.09. The smallest absolute Gasteiger partial charge is 0.299 e. The van der Waals surface area contributed by atoms with Crippen molar-refractivity contribution in [3.8, 4) is 0 Å². The Morgan fingerprint density at radius 1 is 1.23 bits per heavy atom. The summed E-state index contributed by atoms with van der Waals surface area (Å²) in [6, 6.07) is 7.48. The maximum atomic E-state index is 11.5. The molecule has 1 aromatic carbocycles. The zero-order chi connectivity index (χ0) is 9.42. The molecule has 0 radical (unpaired) electrons. The third-order valence-electron chi connectivity index (χ3n) is 2.14. The lowest BCUT2D eigenvalue weighted by atomic mass is 10.2. The van der Waals surface area contributed by atoms with E-state index >= 15 is 0 Å². The molecule has 0 amide bonds. The van der Waals surface area contributed by atoms with Crippen LogP contribution < -0.4 is 4.73 Å². The second-order valence-corrected chi connectivity index (χ2v) is 3.06. The Kier molecular flexibility index (Phi) is 1.65. The number of aryl methyl sites for hydroxylation is 2. The first kappa shape index (κ1) is 7.98. The van der Waals surface area contributed by atoms with Crippen LogP contribution >= 0.6 is 0 Å². The lowest BCUT2D eigenvalue weighted by molar-refractivity contribution is -0.588. The molecule has 0 saturated heterocycles. The van der Waals surface area contributed by atoms with Crippen molar-refractivity contribution in [2.24, 2.45) is 0 Å². The van der Waals surface area contributed by atoms with Gasteiger partial charge in [-0.1, -0.05) is 17.1 Å². The standard InChI is InChI=1S/C10H10N2O/c1-7-9-5-3-4-6-10(9)12(13)8(2)11-7/h3-6H,1-2H3. The molecule has 0 bridgehead atoms. The number of nitrogens with zero attached hydrogens (tertiary/aromatic N) is 2. The Bertz CT molecular complexity index is 466. The van der Waals surface area contributed by atoms with Gasteiger partial charge < -0.3 is 5.21 Å². The number of aromatic nitrogens is 2. The number of hydrogen-bond acceptors (Lipinski definition) is 2. The monoisotopic (exact) mass is 174 g/mol. The molecule has 0 unspecified atom stereocenters. The largest absolute Gasteiger partial charge is 0.710 e. The number of rotatable bonds is 0. The molecule has 0 saturated carbocycles. The second-order valence-electron chi connectivity index (χ2n) is 3.06. The summed E-state index contributed by atoms with van der Waals surface area (Å²) in [6.07, 6.45) is 0. The molecule has 0 atom stereocenters. The first-order valence-corrected chi connectivity index (χ1v) is 4.15. The summed E-state index contributed by atoms with van der Waals surface area (Å²) in [5.74, 6) is 0.496. The van der Waals surface area contributed by atoms with Gasteiger partial charge in [-0.15, -0.1) is 0 Å². The fourth-order valence-corrected chi connectivity index (χ4v) is 1.48. The van der Waals surface area contributed by atoms with Crippen molar-refractivity contribution in [3.05, 3.63) is 41.0 Å². The van der Waals surface area contributed by atoms with Gasteiger partial charge in [0.2, 0.25) is 0 Å². The van der Waals surface area contributed by atoms with Gasteiger partial charge in [0.25, 0.3) is 5.82 Å². The van der Waals surface area contributed by atoms with Gasteiger partial charge in [0.05, 0.1) is 5.39 Å². The molecule has 0 aliphatic rings. The molecule has 3 heteroatoms. The molecular weight excluding hydrogens is 164 g/mol. The Morgan fingerprint density at radius 2 is 1.92 bits per heavy atom. The molecule has 3 nitrogen and oxygen atoms in total. The van der Waals surface area contributed by atoms with Crippen LogP contribution in [0.1, 0.15) is 11.5 Å². The van der Waals surface area contributed by atoms with Crippen LogP contribution in [0.5, 0.6) is 0 Å². The van der Waals surface area contributed by atoms with Crippen molar-refractivity contribution in [3.63, 3.8) is 0 Å². The van der Waals surface area contributed by atoms with Crippen LogP contribution in [0.4, 0.5) is 0 Å². The van der Waals surface area contributed by atoms with E-state index in [0.717, 1.165) is 15.8 Å². The average Bonchev–Trinajstić information content (AvgIpc) is 2.15. The molecule has 66 valence electrons. The normalized spacial score (nSPS) is 10.6. The average molecular weight is 174 g/mol. The van der Waals surface area contributed by atoms with Crippen LogP contribution in [0.2, 0.25) is 0 Å². The maximum Gasteiger partial charge on any atom is 0.299 e. The number of hydrogen-bond donors (Lipinski definition) is 0. The van der Waals surface area contributed by atoms with Gasteiger partial charge in [0.1, 0.15) is 5.52 Å². The maximum absolute atomic E-state index is 11.5. The Morgan fingerprint density at radius 3 is 2.69 bits per heavy atom. The van der Waals surface area contributed by atoms with E-state index in [0.29, 0.717) is 11.3 Å². The van der Waals surface area contributed by atoms with Crippen molar-refractivity contribution in [1.29, 1.82) is 0 Å². The summed E-state index contributed by atoms with van der Waals surface area (Å²) in [5, 5.41) is 12.5. The van der Waals surface area contributed by atoms with Gasteiger partial charge >= 0.3 is 0 Å². The van der Waals surface area contributed by atoms with E-state index in [1.807, 2.05) is 31.2 Å². The second kappa shape index (κ2) is 2.69. The van der Waals surface area contributed by atoms with Crippen LogP contribution in [0.3, 0.4) is 0 Å². The van der Waals surface area contributed by atoms with Crippen LogP contribution in [0.25, 0.3) is 10.9 Å². The summed E-state index contributed by atoms with van der Waals surface area (Å²) < 4.78 is 0.863. The highest BCUT2D eigenvalue weighted by Crippen LogP contribution is 2.12. The fourth-order valence-electron chi connectivity index (χ4n) is 1.48. The van der Waals surface area contributed by atoms with Crippen LogP contribution in [-0.2, 0) is 0 Å². The van der Waals surface area contributed by atoms with Crippen molar-refractivity contribution < 1.29 is 4.73 Å². The summed E-state index contributed by atoms with van der Waals surface area (Å²) >= 11 is 0. The van der Waals surface area contributed by atoms with Gasteiger partial charge in [0, 0.05) is 13.8 Å². The Balaban J connectivity index is 2.97. The van der Waals surface area contributed by atoms with Gasteiger partial charge in [-0.05, 0) is 12.1 Å². The molecule has 2 rings (SSSR count). The van der Waals surface area contributed by atoms with Gasteiger partial charge in [-0.3, -0.25) is 0 Å². The topological polar surface area (TPSA) is 39.8 Å². The lowest BCUT2D eigenvalue weighted by Crippen LogP contribution is -2.32. The number of benzene rings is 1. The molecule has 0 fully saturated rings. The van der Waals surface area contributed by atoms with Gasteiger partial charge in [0.15, 0.2) is 5.69 Å². The molecule has 2 aromatic rings. The predicted molar refractivity (Wildman–Crippen MR) is 50.2 cm³/mol. The highest BCUT2D eigenvalue weighted by molar-refractivity contribution is 5.77. The van der Waals surface area contributed by atoms with Crippen molar-refractivity contribution in [2.45, 2.75) is 13.8 Å². The summed E-state index contributed by atoms with van der Waals surface area (Å²) in [5.41, 5.74) is 1.59. The summed E-state index contributed by atoms with van der Waals surface area (Å²) in [7, 11) is 0.